The second kappa shape index (κ2) is 9.39. The summed E-state index contributed by atoms with van der Waals surface area (Å²) in [6.07, 6.45) is 0.578. The number of aliphatic imine (C=N–C) groups is 1. The molecule has 0 unspecified atom stereocenters. The number of nitrogens with two attached hydrogens (primary N) is 1. The van der Waals surface area contributed by atoms with E-state index >= 15 is 0 Å². The van der Waals surface area contributed by atoms with Crippen molar-refractivity contribution in [3.8, 4) is 0 Å². The molecule has 6 nitrogen and oxygen atoms in total. The molecule has 1 rings (SSSR count). The molecule has 0 radical (unpaired) electrons. The molecule has 0 aliphatic carbocycles. The predicted molar refractivity (Wildman–Crippen MR) is 96.0 cm³/mol. The zero-order valence-corrected chi connectivity index (χ0v) is 15.3. The van der Waals surface area contributed by atoms with Gasteiger partial charge in [0, 0.05) is 37.5 Å². The highest BCUT2D eigenvalue weighted by Gasteiger charge is 2.20. The highest BCUT2D eigenvalue weighted by molar-refractivity contribution is 7.09. The lowest BCUT2D eigenvalue weighted by Gasteiger charge is -2.26. The number of likely N-dealkylation sites (N-methyl/N-ethyl adjacent to an activating group) is 1. The molecule has 0 aliphatic rings. The van der Waals surface area contributed by atoms with Crippen LogP contribution in [0.3, 0.4) is 0 Å². The Morgan fingerprint density at radius 1 is 1.48 bits per heavy atom. The lowest BCUT2D eigenvalue weighted by Crippen LogP contribution is -2.42. The fourth-order valence-electron chi connectivity index (χ4n) is 1.82. The number of nitrogens with zero attached hydrogens (tertiary/aromatic N) is 2. The van der Waals surface area contributed by atoms with Gasteiger partial charge in [0.2, 0.25) is 0 Å². The van der Waals surface area contributed by atoms with Gasteiger partial charge in [-0.05, 0) is 39.1 Å². The van der Waals surface area contributed by atoms with Crippen molar-refractivity contribution in [1.29, 1.82) is 0 Å². The number of guanidine groups is 1. The normalized spacial score (nSPS) is 12.1. The minimum Gasteiger partial charge on any atom is -0.444 e. The van der Waals surface area contributed by atoms with Crippen molar-refractivity contribution in [3.05, 3.63) is 22.4 Å². The van der Waals surface area contributed by atoms with E-state index in [2.05, 4.69) is 21.8 Å². The van der Waals surface area contributed by atoms with E-state index in [1.165, 1.54) is 4.88 Å². The van der Waals surface area contributed by atoms with Crippen LogP contribution < -0.4 is 11.1 Å². The lowest BCUT2D eigenvalue weighted by molar-refractivity contribution is 0.0264. The van der Waals surface area contributed by atoms with Gasteiger partial charge in [0.05, 0.1) is 0 Å². The summed E-state index contributed by atoms with van der Waals surface area (Å²) in [7, 11) is 0. The average molecular weight is 340 g/mol. The van der Waals surface area contributed by atoms with Crippen LogP contribution in [0.1, 0.15) is 32.6 Å². The van der Waals surface area contributed by atoms with Crippen molar-refractivity contribution < 1.29 is 9.53 Å². The van der Waals surface area contributed by atoms with E-state index in [1.54, 1.807) is 16.2 Å². The topological polar surface area (TPSA) is 80.0 Å². The van der Waals surface area contributed by atoms with Gasteiger partial charge in [-0.1, -0.05) is 6.07 Å². The number of carbonyl (C=O) groups is 1. The summed E-state index contributed by atoms with van der Waals surface area (Å²) in [6, 6.07) is 4.12. The van der Waals surface area contributed by atoms with Crippen LogP contribution in [0.15, 0.2) is 22.5 Å². The summed E-state index contributed by atoms with van der Waals surface area (Å²) in [6.45, 7) is 9.80. The molecular formula is C16H28N4O2S. The second-order valence-corrected chi connectivity index (χ2v) is 7.12. The summed E-state index contributed by atoms with van der Waals surface area (Å²) >= 11 is 1.72. The molecule has 0 saturated carbocycles. The van der Waals surface area contributed by atoms with Crippen LogP contribution in [0.4, 0.5) is 4.79 Å². The van der Waals surface area contributed by atoms with Crippen LogP contribution in [-0.2, 0) is 11.2 Å². The Balaban J connectivity index is 2.28. The van der Waals surface area contributed by atoms with Crippen molar-refractivity contribution in [2.24, 2.45) is 10.7 Å². The Hall–Kier alpha value is -1.76. The van der Waals surface area contributed by atoms with Crippen LogP contribution >= 0.6 is 11.3 Å². The third-order valence-corrected chi connectivity index (χ3v) is 3.88. The first-order chi connectivity index (χ1) is 10.8. The Morgan fingerprint density at radius 2 is 2.22 bits per heavy atom. The Kier molecular flexibility index (Phi) is 7.88. The van der Waals surface area contributed by atoms with Crippen molar-refractivity contribution in [2.45, 2.75) is 39.7 Å². The number of nitrogens with one attached hydrogen (secondary N) is 1. The van der Waals surface area contributed by atoms with E-state index in [-0.39, 0.29) is 6.09 Å². The first-order valence-corrected chi connectivity index (χ1v) is 8.74. The van der Waals surface area contributed by atoms with Gasteiger partial charge in [0.1, 0.15) is 5.60 Å². The second-order valence-electron chi connectivity index (χ2n) is 6.08. The predicted octanol–water partition coefficient (Wildman–Crippen LogP) is 2.45. The Labute approximate surface area is 142 Å². The van der Waals surface area contributed by atoms with Gasteiger partial charge >= 0.3 is 6.09 Å². The maximum absolute atomic E-state index is 12.0. The van der Waals surface area contributed by atoms with Gasteiger partial charge in [0.15, 0.2) is 5.96 Å². The molecule has 1 heterocycles. The van der Waals surface area contributed by atoms with Crippen molar-refractivity contribution in [1.82, 2.24) is 10.2 Å². The summed E-state index contributed by atoms with van der Waals surface area (Å²) in [5.41, 5.74) is 5.34. The van der Waals surface area contributed by atoms with Crippen LogP contribution in [-0.4, -0.2) is 48.7 Å². The van der Waals surface area contributed by atoms with E-state index in [0.29, 0.717) is 32.1 Å². The molecule has 0 aromatic carbocycles. The highest BCUT2D eigenvalue weighted by Crippen LogP contribution is 2.10. The Bertz CT molecular complexity index is 495. The van der Waals surface area contributed by atoms with E-state index in [1.807, 2.05) is 33.8 Å². The molecule has 0 atom stereocenters. The molecule has 1 aromatic rings. The Morgan fingerprint density at radius 3 is 2.78 bits per heavy atom. The minimum atomic E-state index is -0.486. The van der Waals surface area contributed by atoms with Gasteiger partial charge < -0.3 is 20.7 Å². The third kappa shape index (κ3) is 8.44. The van der Waals surface area contributed by atoms with Gasteiger partial charge in [-0.15, -0.1) is 11.3 Å². The number of rotatable bonds is 7. The van der Waals surface area contributed by atoms with E-state index < -0.39 is 5.60 Å². The van der Waals surface area contributed by atoms with Gasteiger partial charge in [-0.25, -0.2) is 4.79 Å². The first kappa shape index (κ1) is 19.3. The molecule has 7 heteroatoms. The van der Waals surface area contributed by atoms with Crippen molar-refractivity contribution in [3.63, 3.8) is 0 Å². The average Bonchev–Trinajstić information content (AvgIpc) is 2.94. The molecule has 0 aliphatic heterocycles. The molecular weight excluding hydrogens is 312 g/mol. The number of thiophene rings is 1. The monoisotopic (exact) mass is 340 g/mol. The summed E-state index contributed by atoms with van der Waals surface area (Å²) in [4.78, 5) is 19.2. The smallest absolute Gasteiger partial charge is 0.410 e. The fraction of sp³-hybridized carbons (Fsp3) is 0.625. The first-order valence-electron chi connectivity index (χ1n) is 7.86. The third-order valence-electron chi connectivity index (χ3n) is 2.94. The largest absolute Gasteiger partial charge is 0.444 e. The molecule has 3 N–H and O–H groups in total. The van der Waals surface area contributed by atoms with Crippen molar-refractivity contribution in [2.75, 3.05) is 26.2 Å². The molecule has 0 bridgehead atoms. The SMILES string of the molecule is CCN(CCNC(N)=NCCc1cccs1)C(=O)OC(C)(C)C. The maximum atomic E-state index is 12.0. The molecule has 0 fully saturated rings. The molecule has 0 spiro atoms. The van der Waals surface area contributed by atoms with E-state index in [9.17, 15) is 4.79 Å². The van der Waals surface area contributed by atoms with Gasteiger partial charge in [-0.3, -0.25) is 4.99 Å². The standard InChI is InChI=1S/C16H28N4O2S/c1-5-20(15(21)22-16(2,3)4)11-10-19-14(17)18-9-8-13-7-6-12-23-13/h6-7,12H,5,8-11H2,1-4H3,(H3,17,18,19). The highest BCUT2D eigenvalue weighted by atomic mass is 32.1. The zero-order valence-electron chi connectivity index (χ0n) is 14.5. The van der Waals surface area contributed by atoms with Crippen LogP contribution in [0, 0.1) is 0 Å². The summed E-state index contributed by atoms with van der Waals surface area (Å²) in [5.74, 6) is 0.404. The van der Waals surface area contributed by atoms with Crippen LogP contribution in [0.5, 0.6) is 0 Å². The molecule has 23 heavy (non-hydrogen) atoms. The molecule has 1 amide bonds. The van der Waals surface area contributed by atoms with Crippen molar-refractivity contribution >= 4 is 23.4 Å². The van der Waals surface area contributed by atoms with Gasteiger partial charge in [-0.2, -0.15) is 0 Å². The minimum absolute atomic E-state index is 0.310. The number of carbonyl (C=O) groups excluding carboxylic acids is 1. The van der Waals surface area contributed by atoms with Crippen LogP contribution in [0.2, 0.25) is 0 Å². The summed E-state index contributed by atoms with van der Waals surface area (Å²) < 4.78 is 5.35. The van der Waals surface area contributed by atoms with Crippen LogP contribution in [0.25, 0.3) is 0 Å². The molecule has 130 valence electrons. The van der Waals surface area contributed by atoms with Gasteiger partial charge in [0.25, 0.3) is 0 Å². The fourth-order valence-corrected chi connectivity index (χ4v) is 2.52. The number of ether oxygens (including phenoxy) is 1. The molecule has 0 saturated heterocycles. The zero-order chi connectivity index (χ0) is 17.3. The van der Waals surface area contributed by atoms with E-state index in [4.69, 9.17) is 10.5 Å². The quantitative estimate of drug-likeness (QED) is 0.590. The number of amides is 1. The van der Waals surface area contributed by atoms with E-state index in [0.717, 1.165) is 6.42 Å². The maximum Gasteiger partial charge on any atom is 0.410 e. The molecule has 1 aromatic heterocycles. The lowest BCUT2D eigenvalue weighted by atomic mass is 10.2. The summed E-state index contributed by atoms with van der Waals surface area (Å²) in [5, 5.41) is 5.08. The number of hydrogen-bond donors (Lipinski definition) is 2. The number of hydrogen-bond acceptors (Lipinski definition) is 4.